The van der Waals surface area contributed by atoms with Gasteiger partial charge in [-0.15, -0.1) is 0 Å². The van der Waals surface area contributed by atoms with Crippen LogP contribution in [0.1, 0.15) is 57.3 Å². The van der Waals surface area contributed by atoms with Gasteiger partial charge < -0.3 is 24.6 Å². The highest BCUT2D eigenvalue weighted by molar-refractivity contribution is 6.07. The molecule has 1 unspecified atom stereocenters. The number of ether oxygens (including phenoxy) is 2. The van der Waals surface area contributed by atoms with Crippen LogP contribution in [-0.4, -0.2) is 60.2 Å². The highest BCUT2D eigenvalue weighted by Crippen LogP contribution is 2.29. The van der Waals surface area contributed by atoms with Gasteiger partial charge in [-0.3, -0.25) is 14.9 Å². The van der Waals surface area contributed by atoms with Crippen molar-refractivity contribution in [2.75, 3.05) is 37.0 Å². The van der Waals surface area contributed by atoms with E-state index in [4.69, 9.17) is 9.47 Å². The molecule has 1 atom stereocenters. The number of carbonyl (C=O) groups is 2. The number of nitrogens with zero attached hydrogens (tertiary/aromatic N) is 3. The minimum atomic E-state index is -0.802. The van der Waals surface area contributed by atoms with Gasteiger partial charge in [0.1, 0.15) is 22.7 Å². The number of hydrogen-bond donors (Lipinski definition) is 1. The van der Waals surface area contributed by atoms with Crippen molar-refractivity contribution in [2.24, 2.45) is 0 Å². The fraction of sp³-hybridized carbons (Fsp3) is 0.481. The van der Waals surface area contributed by atoms with Crippen molar-refractivity contribution >= 4 is 29.1 Å². The van der Waals surface area contributed by atoms with Crippen LogP contribution in [-0.2, 0) is 4.74 Å². The van der Waals surface area contributed by atoms with E-state index in [9.17, 15) is 24.1 Å². The summed E-state index contributed by atoms with van der Waals surface area (Å²) in [5.41, 5.74) is -0.726. The number of halogens is 1. The third kappa shape index (κ3) is 7.33. The zero-order valence-electron chi connectivity index (χ0n) is 22.5. The van der Waals surface area contributed by atoms with Crippen LogP contribution in [0, 0.1) is 15.9 Å². The molecule has 11 heteroatoms. The van der Waals surface area contributed by atoms with Crippen LogP contribution in [0.5, 0.6) is 5.75 Å². The number of hydrogen-bond acceptors (Lipinski definition) is 7. The van der Waals surface area contributed by atoms with Gasteiger partial charge in [-0.05, 0) is 63.9 Å². The first kappa shape index (κ1) is 28.7. The normalized spacial score (nSPS) is 15.2. The molecule has 1 aliphatic rings. The van der Waals surface area contributed by atoms with Crippen molar-refractivity contribution in [3.8, 4) is 5.75 Å². The second kappa shape index (κ2) is 12.1. The molecule has 2 aromatic carbocycles. The molecule has 0 aliphatic carbocycles. The molecule has 10 nitrogen and oxygen atoms in total. The number of benzene rings is 2. The predicted molar refractivity (Wildman–Crippen MR) is 142 cm³/mol. The second-order valence-corrected chi connectivity index (χ2v) is 10.2. The monoisotopic (exact) mass is 530 g/mol. The largest absolute Gasteiger partial charge is 0.493 e. The molecule has 38 heavy (non-hydrogen) atoms. The maximum Gasteiger partial charge on any atom is 0.410 e. The number of unbranched alkanes of at least 4 members (excludes halogenated alkanes) is 1. The average Bonchev–Trinajstić information content (AvgIpc) is 3.34. The summed E-state index contributed by atoms with van der Waals surface area (Å²) in [7, 11) is 1.69. The van der Waals surface area contributed by atoms with E-state index in [2.05, 4.69) is 5.32 Å². The number of amides is 2. The highest BCUT2D eigenvalue weighted by atomic mass is 19.1. The van der Waals surface area contributed by atoms with Gasteiger partial charge in [0, 0.05) is 25.8 Å². The molecule has 0 spiro atoms. The molecule has 2 amide bonds. The van der Waals surface area contributed by atoms with Crippen molar-refractivity contribution in [3.63, 3.8) is 0 Å². The van der Waals surface area contributed by atoms with E-state index in [0.29, 0.717) is 37.6 Å². The van der Waals surface area contributed by atoms with Crippen LogP contribution in [0.15, 0.2) is 36.4 Å². The van der Waals surface area contributed by atoms with Crippen molar-refractivity contribution in [2.45, 2.75) is 58.6 Å². The second-order valence-electron chi connectivity index (χ2n) is 10.2. The van der Waals surface area contributed by atoms with Crippen LogP contribution in [0.4, 0.5) is 26.2 Å². The Kier molecular flexibility index (Phi) is 9.13. The predicted octanol–water partition coefficient (Wildman–Crippen LogP) is 5.61. The zero-order chi connectivity index (χ0) is 28.0. The van der Waals surface area contributed by atoms with Crippen LogP contribution < -0.4 is 15.0 Å². The molecule has 0 radical (unpaired) electrons. The summed E-state index contributed by atoms with van der Waals surface area (Å²) in [6.07, 6.45) is 1.99. The Bertz CT molecular complexity index is 1180. The topological polar surface area (TPSA) is 114 Å². The highest BCUT2D eigenvalue weighted by Gasteiger charge is 2.31. The van der Waals surface area contributed by atoms with E-state index in [-0.39, 0.29) is 17.3 Å². The van der Waals surface area contributed by atoms with Crippen LogP contribution in [0.2, 0.25) is 0 Å². The standard InChI is InChI=1S/C27H35FN4O6/c1-6-7-14-37-20-9-10-21(24(16-20)32(35)36)25(33)29-23-11-8-18(15-22(23)28)31-13-12-19(17-31)30(5)26(34)38-27(2,3)4/h8-11,15-16,19H,6-7,12-14,17H2,1-5H3,(H,29,33). The molecular formula is C27H35FN4O6. The molecule has 1 N–H and O–H groups in total. The van der Waals surface area contributed by atoms with E-state index < -0.39 is 34.0 Å². The third-order valence-corrected chi connectivity index (χ3v) is 6.14. The fourth-order valence-electron chi connectivity index (χ4n) is 4.05. The van der Waals surface area contributed by atoms with Crippen molar-refractivity contribution in [1.82, 2.24) is 4.90 Å². The van der Waals surface area contributed by atoms with Crippen LogP contribution in [0.3, 0.4) is 0 Å². The molecule has 0 bridgehead atoms. The molecule has 1 fully saturated rings. The van der Waals surface area contributed by atoms with E-state index in [1.165, 1.54) is 30.3 Å². The van der Waals surface area contributed by atoms with Crippen LogP contribution >= 0.6 is 0 Å². The van der Waals surface area contributed by atoms with Crippen molar-refractivity contribution in [3.05, 3.63) is 57.9 Å². The summed E-state index contributed by atoms with van der Waals surface area (Å²) in [5.74, 6) is -1.19. The van der Waals surface area contributed by atoms with E-state index in [1.54, 1.807) is 38.8 Å². The summed E-state index contributed by atoms with van der Waals surface area (Å²) in [6.45, 7) is 8.93. The SMILES string of the molecule is CCCCOc1ccc(C(=O)Nc2ccc(N3CCC(N(C)C(=O)OC(C)(C)C)C3)cc2F)c([N+](=O)[O-])c1. The van der Waals surface area contributed by atoms with Gasteiger partial charge in [0.05, 0.1) is 29.3 Å². The zero-order valence-corrected chi connectivity index (χ0v) is 22.5. The number of rotatable bonds is 9. The minimum Gasteiger partial charge on any atom is -0.493 e. The Balaban J connectivity index is 1.67. The van der Waals surface area contributed by atoms with Gasteiger partial charge >= 0.3 is 6.09 Å². The van der Waals surface area contributed by atoms with Gasteiger partial charge in [-0.1, -0.05) is 13.3 Å². The molecule has 1 heterocycles. The minimum absolute atomic E-state index is 0.0956. The lowest BCUT2D eigenvalue weighted by molar-refractivity contribution is -0.385. The molecule has 2 aromatic rings. The van der Waals surface area contributed by atoms with Crippen molar-refractivity contribution < 1.29 is 28.4 Å². The fourth-order valence-corrected chi connectivity index (χ4v) is 4.05. The summed E-state index contributed by atoms with van der Waals surface area (Å²) in [5, 5.41) is 14.0. The Morgan fingerprint density at radius 2 is 1.97 bits per heavy atom. The van der Waals surface area contributed by atoms with E-state index in [0.717, 1.165) is 12.8 Å². The number of likely N-dealkylation sites (N-methyl/N-ethyl adjacent to an activating group) is 1. The maximum absolute atomic E-state index is 15.0. The van der Waals surface area contributed by atoms with E-state index >= 15 is 0 Å². The lowest BCUT2D eigenvalue weighted by atomic mass is 10.1. The lowest BCUT2D eigenvalue weighted by Crippen LogP contribution is -2.42. The van der Waals surface area contributed by atoms with Gasteiger partial charge in [-0.2, -0.15) is 0 Å². The van der Waals surface area contributed by atoms with Gasteiger partial charge in [0.25, 0.3) is 11.6 Å². The summed E-state index contributed by atoms with van der Waals surface area (Å²) in [6, 6.07) is 8.26. The third-order valence-electron chi connectivity index (χ3n) is 6.14. The number of carbonyl (C=O) groups excluding carboxylic acids is 2. The van der Waals surface area contributed by atoms with Crippen molar-refractivity contribution in [1.29, 1.82) is 0 Å². The number of nitro benzene ring substituents is 1. The average molecular weight is 531 g/mol. The first-order chi connectivity index (χ1) is 17.9. The quantitative estimate of drug-likeness (QED) is 0.255. The van der Waals surface area contributed by atoms with Gasteiger partial charge in [-0.25, -0.2) is 9.18 Å². The maximum atomic E-state index is 15.0. The molecule has 3 rings (SSSR count). The van der Waals surface area contributed by atoms with Crippen LogP contribution in [0.25, 0.3) is 0 Å². The molecule has 0 saturated carbocycles. The Morgan fingerprint density at radius 3 is 2.61 bits per heavy atom. The first-order valence-electron chi connectivity index (χ1n) is 12.6. The molecule has 1 saturated heterocycles. The summed E-state index contributed by atoms with van der Waals surface area (Å²) >= 11 is 0. The number of nitro groups is 1. The Labute approximate surface area is 221 Å². The number of nitrogens with one attached hydrogen (secondary N) is 1. The van der Waals surface area contributed by atoms with E-state index in [1.807, 2.05) is 11.8 Å². The van der Waals surface area contributed by atoms with Gasteiger partial charge in [0.15, 0.2) is 0 Å². The lowest BCUT2D eigenvalue weighted by Gasteiger charge is -2.29. The molecule has 1 aliphatic heterocycles. The Hall–Kier alpha value is -3.89. The van der Waals surface area contributed by atoms with Gasteiger partial charge in [0.2, 0.25) is 0 Å². The summed E-state index contributed by atoms with van der Waals surface area (Å²) in [4.78, 5) is 39.6. The molecule has 0 aromatic heterocycles. The first-order valence-corrected chi connectivity index (χ1v) is 12.6. The number of anilines is 2. The molecular weight excluding hydrogens is 495 g/mol. The summed E-state index contributed by atoms with van der Waals surface area (Å²) < 4.78 is 25.9. The Morgan fingerprint density at radius 1 is 1.24 bits per heavy atom. The smallest absolute Gasteiger partial charge is 0.410 e. The molecule has 206 valence electrons.